The van der Waals surface area contributed by atoms with Crippen LogP contribution in [0.25, 0.3) is 0 Å². The van der Waals surface area contributed by atoms with Crippen molar-refractivity contribution in [2.24, 2.45) is 0 Å². The minimum atomic E-state index is -3.90. The number of halogens is 2. The lowest BCUT2D eigenvalue weighted by Gasteiger charge is -2.23. The normalized spacial score (nSPS) is 11.3. The van der Waals surface area contributed by atoms with E-state index in [2.05, 4.69) is 5.32 Å². The molecule has 4 aromatic rings. The number of amides is 1. The Morgan fingerprint density at radius 3 is 1.85 bits per heavy atom. The third-order valence-corrected chi connectivity index (χ3v) is 8.26. The Balaban J connectivity index is 1.43. The largest absolute Gasteiger partial charge is 0.441 e. The summed E-state index contributed by atoms with van der Waals surface area (Å²) in [6.07, 6.45) is -0.849. The van der Waals surface area contributed by atoms with Crippen LogP contribution in [0, 0.1) is 0 Å². The number of benzene rings is 4. The zero-order chi connectivity index (χ0) is 27.8. The van der Waals surface area contributed by atoms with E-state index in [1.165, 1.54) is 46.8 Å². The van der Waals surface area contributed by atoms with Crippen LogP contribution in [0.15, 0.2) is 108 Å². The molecule has 1 amide bonds. The molecule has 0 atom stereocenters. The van der Waals surface area contributed by atoms with Gasteiger partial charge in [-0.3, -0.25) is 10.1 Å². The summed E-state index contributed by atoms with van der Waals surface area (Å²) in [5.74, 6) is -0.492. The minimum Gasteiger partial charge on any atom is -0.441 e. The molecule has 4 rings (SSSR count). The molecule has 7 nitrogen and oxygen atoms in total. The van der Waals surface area contributed by atoms with Crippen molar-refractivity contribution in [2.75, 3.05) is 11.9 Å². The van der Waals surface area contributed by atoms with Crippen LogP contribution in [0.3, 0.4) is 0 Å². The van der Waals surface area contributed by atoms with Crippen molar-refractivity contribution in [3.05, 3.63) is 130 Å². The van der Waals surface area contributed by atoms with Gasteiger partial charge >= 0.3 is 6.09 Å². The molecule has 39 heavy (non-hydrogen) atoms. The molecule has 0 heterocycles. The molecule has 1 N–H and O–H groups in total. The highest BCUT2D eigenvalue weighted by Crippen LogP contribution is 2.25. The van der Waals surface area contributed by atoms with Crippen molar-refractivity contribution in [3.63, 3.8) is 0 Å². The van der Waals surface area contributed by atoms with E-state index in [-0.39, 0.29) is 28.6 Å². The zero-order valence-corrected chi connectivity index (χ0v) is 22.9. The summed E-state index contributed by atoms with van der Waals surface area (Å²) < 4.78 is 33.6. The van der Waals surface area contributed by atoms with Gasteiger partial charge in [0.1, 0.15) is 0 Å². The number of nitrogens with one attached hydrogen (secondary N) is 1. The average molecular weight is 583 g/mol. The van der Waals surface area contributed by atoms with Gasteiger partial charge in [-0.1, -0.05) is 83.9 Å². The fourth-order valence-electron chi connectivity index (χ4n) is 3.70. The lowest BCUT2D eigenvalue weighted by molar-refractivity contribution is 0.0863. The highest BCUT2D eigenvalue weighted by atomic mass is 35.5. The van der Waals surface area contributed by atoms with Crippen molar-refractivity contribution < 1.29 is 22.7 Å². The second-order valence-electron chi connectivity index (χ2n) is 8.52. The minimum absolute atomic E-state index is 0.0455. The monoisotopic (exact) mass is 582 g/mol. The number of nitrogens with zero attached hydrogens (tertiary/aromatic N) is 1. The molecule has 0 fully saturated rings. The summed E-state index contributed by atoms with van der Waals surface area (Å²) in [7, 11) is -3.90. The van der Waals surface area contributed by atoms with Crippen LogP contribution in [-0.2, 0) is 27.8 Å². The zero-order valence-electron chi connectivity index (χ0n) is 20.6. The quantitative estimate of drug-likeness (QED) is 0.207. The molecular weight excluding hydrogens is 559 g/mol. The van der Waals surface area contributed by atoms with E-state index in [1.54, 1.807) is 0 Å². The molecule has 200 valence electrons. The summed E-state index contributed by atoms with van der Waals surface area (Å²) in [5.41, 5.74) is 2.25. The van der Waals surface area contributed by atoms with Crippen LogP contribution in [0.5, 0.6) is 0 Å². The standard InChI is InChI=1S/C29H24Cl2N2O5S/c30-26-16-13-24(17-27(26)31)32-29(35)38-20-28(34)23-11-14-25(15-12-23)39(36,37)33(18-21-7-3-1-4-8-21)19-22-9-5-2-6-10-22/h1-17H,18-20H2,(H,32,35). The van der Waals surface area contributed by atoms with Crippen LogP contribution < -0.4 is 5.32 Å². The smallest absolute Gasteiger partial charge is 0.412 e. The summed E-state index contributed by atoms with van der Waals surface area (Å²) >= 11 is 11.8. The van der Waals surface area contributed by atoms with E-state index < -0.39 is 28.5 Å². The molecule has 0 aromatic heterocycles. The number of hydrogen-bond donors (Lipinski definition) is 1. The van der Waals surface area contributed by atoms with Gasteiger partial charge in [0.05, 0.1) is 14.9 Å². The Morgan fingerprint density at radius 2 is 1.31 bits per heavy atom. The van der Waals surface area contributed by atoms with Gasteiger partial charge < -0.3 is 4.74 Å². The van der Waals surface area contributed by atoms with Gasteiger partial charge in [0.2, 0.25) is 10.0 Å². The topological polar surface area (TPSA) is 92.8 Å². The van der Waals surface area contributed by atoms with E-state index in [1.807, 2.05) is 60.7 Å². The second-order valence-corrected chi connectivity index (χ2v) is 11.3. The summed E-state index contributed by atoms with van der Waals surface area (Å²) in [6, 6.07) is 28.7. The first-order valence-electron chi connectivity index (χ1n) is 11.8. The molecule has 0 radical (unpaired) electrons. The van der Waals surface area contributed by atoms with Crippen LogP contribution in [0.4, 0.5) is 10.5 Å². The predicted octanol–water partition coefficient (Wildman–Crippen LogP) is 6.82. The van der Waals surface area contributed by atoms with Crippen molar-refractivity contribution >= 4 is 50.8 Å². The number of rotatable bonds is 10. The molecular formula is C29H24Cl2N2O5S. The van der Waals surface area contributed by atoms with Gasteiger partial charge in [-0.05, 0) is 53.6 Å². The Morgan fingerprint density at radius 1 is 0.744 bits per heavy atom. The number of carbonyl (C=O) groups is 2. The van der Waals surface area contributed by atoms with Crippen LogP contribution in [0.1, 0.15) is 21.5 Å². The fraction of sp³-hybridized carbons (Fsp3) is 0.103. The Bertz CT molecular complexity index is 1510. The number of hydrogen-bond acceptors (Lipinski definition) is 5. The average Bonchev–Trinajstić information content (AvgIpc) is 2.94. The summed E-state index contributed by atoms with van der Waals surface area (Å²) in [5, 5.41) is 3.05. The number of Topliss-reactive ketones (excluding diaryl/α,β-unsaturated/α-hetero) is 1. The molecule has 0 bridgehead atoms. The number of anilines is 1. The number of carbonyl (C=O) groups excluding carboxylic acids is 2. The first kappa shape index (κ1) is 28.3. The number of sulfonamides is 1. The van der Waals surface area contributed by atoms with Gasteiger partial charge in [-0.15, -0.1) is 0 Å². The van der Waals surface area contributed by atoms with E-state index in [4.69, 9.17) is 27.9 Å². The van der Waals surface area contributed by atoms with Crippen molar-refractivity contribution in [3.8, 4) is 0 Å². The molecule has 0 aliphatic carbocycles. The SMILES string of the molecule is O=C(Nc1ccc(Cl)c(Cl)c1)OCC(=O)c1ccc(S(=O)(=O)N(Cc2ccccc2)Cc2ccccc2)cc1. The van der Waals surface area contributed by atoms with Crippen molar-refractivity contribution in [1.82, 2.24) is 4.31 Å². The van der Waals surface area contributed by atoms with Crippen LogP contribution in [0.2, 0.25) is 10.0 Å². The highest BCUT2D eigenvalue weighted by molar-refractivity contribution is 7.89. The summed E-state index contributed by atoms with van der Waals surface area (Å²) in [4.78, 5) is 24.7. The van der Waals surface area contributed by atoms with E-state index in [0.717, 1.165) is 11.1 Å². The molecule has 4 aromatic carbocycles. The Labute approximate surface area is 237 Å². The second kappa shape index (κ2) is 12.9. The number of ketones is 1. The molecule has 0 aliphatic heterocycles. The third-order valence-electron chi connectivity index (χ3n) is 5.72. The van der Waals surface area contributed by atoms with Gasteiger partial charge in [0.25, 0.3) is 0 Å². The van der Waals surface area contributed by atoms with Crippen LogP contribution in [-0.4, -0.2) is 31.2 Å². The maximum atomic E-state index is 13.6. The van der Waals surface area contributed by atoms with Crippen molar-refractivity contribution in [1.29, 1.82) is 0 Å². The van der Waals surface area contributed by atoms with E-state index in [0.29, 0.717) is 10.7 Å². The maximum absolute atomic E-state index is 13.6. The lowest BCUT2D eigenvalue weighted by atomic mass is 10.1. The van der Waals surface area contributed by atoms with Gasteiger partial charge in [-0.2, -0.15) is 4.31 Å². The van der Waals surface area contributed by atoms with Gasteiger partial charge in [-0.25, -0.2) is 13.2 Å². The number of ether oxygens (including phenoxy) is 1. The van der Waals surface area contributed by atoms with Crippen molar-refractivity contribution in [2.45, 2.75) is 18.0 Å². The highest BCUT2D eigenvalue weighted by Gasteiger charge is 2.25. The first-order chi connectivity index (χ1) is 18.7. The Hall–Kier alpha value is -3.69. The van der Waals surface area contributed by atoms with Crippen LogP contribution >= 0.6 is 23.2 Å². The van der Waals surface area contributed by atoms with Gasteiger partial charge in [0.15, 0.2) is 12.4 Å². The fourth-order valence-corrected chi connectivity index (χ4v) is 5.42. The summed E-state index contributed by atoms with van der Waals surface area (Å²) in [6.45, 7) is -0.172. The molecule has 0 saturated carbocycles. The van der Waals surface area contributed by atoms with Gasteiger partial charge in [0, 0.05) is 24.3 Å². The predicted molar refractivity (Wildman–Crippen MR) is 152 cm³/mol. The molecule has 0 unspecified atom stereocenters. The van der Waals surface area contributed by atoms with E-state index in [9.17, 15) is 18.0 Å². The third kappa shape index (κ3) is 7.68. The molecule has 0 aliphatic rings. The lowest BCUT2D eigenvalue weighted by Crippen LogP contribution is -2.30. The van der Waals surface area contributed by atoms with E-state index >= 15 is 0 Å². The Kier molecular flexibility index (Phi) is 9.37. The molecule has 0 saturated heterocycles. The molecule has 0 spiro atoms. The first-order valence-corrected chi connectivity index (χ1v) is 14.0. The maximum Gasteiger partial charge on any atom is 0.412 e. The molecule has 10 heteroatoms.